The number of amides is 1. The summed E-state index contributed by atoms with van der Waals surface area (Å²) < 4.78 is 5.16. The highest BCUT2D eigenvalue weighted by molar-refractivity contribution is 5.91. The van der Waals surface area contributed by atoms with Crippen molar-refractivity contribution in [1.82, 2.24) is 5.32 Å². The van der Waals surface area contributed by atoms with Gasteiger partial charge in [-0.1, -0.05) is 48.5 Å². The minimum absolute atomic E-state index is 0.0707. The zero-order valence-corrected chi connectivity index (χ0v) is 13.9. The summed E-state index contributed by atoms with van der Waals surface area (Å²) in [6.07, 6.45) is 2.28. The van der Waals surface area contributed by atoms with Crippen molar-refractivity contribution in [1.29, 1.82) is 0 Å². The van der Waals surface area contributed by atoms with Crippen LogP contribution in [-0.2, 0) is 14.3 Å². The summed E-state index contributed by atoms with van der Waals surface area (Å²) in [5.41, 5.74) is 1.15. The van der Waals surface area contributed by atoms with Crippen LogP contribution in [0.2, 0.25) is 0 Å². The fraction of sp³-hybridized carbons (Fsp3) is 0.300. The lowest BCUT2D eigenvalue weighted by Gasteiger charge is -2.14. The lowest BCUT2D eigenvalue weighted by atomic mass is 10.00. The molecule has 0 bridgehead atoms. The molecular formula is C20H21NO4. The maximum absolute atomic E-state index is 12.4. The van der Waals surface area contributed by atoms with Crippen molar-refractivity contribution in [3.05, 3.63) is 60.7 Å². The van der Waals surface area contributed by atoms with E-state index in [0.717, 1.165) is 22.8 Å². The predicted molar refractivity (Wildman–Crippen MR) is 95.4 cm³/mol. The van der Waals surface area contributed by atoms with Gasteiger partial charge in [-0.05, 0) is 28.7 Å². The van der Waals surface area contributed by atoms with Crippen LogP contribution in [0.25, 0.3) is 10.8 Å². The molecule has 0 saturated heterocycles. The van der Waals surface area contributed by atoms with Crippen LogP contribution in [-0.4, -0.2) is 36.2 Å². The van der Waals surface area contributed by atoms with Crippen molar-refractivity contribution in [2.75, 3.05) is 13.2 Å². The van der Waals surface area contributed by atoms with Crippen LogP contribution in [0.3, 0.4) is 0 Å². The van der Waals surface area contributed by atoms with Gasteiger partial charge in [0.1, 0.15) is 0 Å². The lowest BCUT2D eigenvalue weighted by molar-refractivity contribution is -0.143. The van der Waals surface area contributed by atoms with E-state index in [9.17, 15) is 14.7 Å². The number of rotatable bonds is 8. The molecule has 1 aliphatic carbocycles. The second kappa shape index (κ2) is 7.49. The number of ether oxygens (including phenoxy) is 1. The van der Waals surface area contributed by atoms with E-state index in [1.807, 2.05) is 36.4 Å². The van der Waals surface area contributed by atoms with E-state index < -0.39 is 12.0 Å². The quantitative estimate of drug-likeness (QED) is 0.573. The SMILES string of the molecule is C=CCOCC(NC(=O)C1CC1c1cccc2ccccc12)C(=O)O. The van der Waals surface area contributed by atoms with E-state index in [4.69, 9.17) is 4.74 Å². The number of carbonyl (C=O) groups is 2. The molecule has 5 heteroatoms. The summed E-state index contributed by atoms with van der Waals surface area (Å²) >= 11 is 0. The molecule has 2 N–H and O–H groups in total. The fourth-order valence-corrected chi connectivity index (χ4v) is 3.12. The van der Waals surface area contributed by atoms with Gasteiger partial charge in [-0.3, -0.25) is 4.79 Å². The van der Waals surface area contributed by atoms with Crippen molar-refractivity contribution >= 4 is 22.6 Å². The Kier molecular flexibility index (Phi) is 5.14. The molecule has 2 aromatic rings. The van der Waals surface area contributed by atoms with Crippen molar-refractivity contribution < 1.29 is 19.4 Å². The van der Waals surface area contributed by atoms with Gasteiger partial charge in [0.25, 0.3) is 0 Å². The van der Waals surface area contributed by atoms with Crippen LogP contribution < -0.4 is 5.32 Å². The number of fused-ring (bicyclic) bond motifs is 1. The summed E-state index contributed by atoms with van der Waals surface area (Å²) in [7, 11) is 0. The van der Waals surface area contributed by atoms with Crippen molar-refractivity contribution in [3.63, 3.8) is 0 Å². The Labute approximate surface area is 146 Å². The molecule has 3 unspecified atom stereocenters. The first-order chi connectivity index (χ1) is 12.1. The number of aliphatic carboxylic acids is 1. The molecule has 5 nitrogen and oxygen atoms in total. The minimum atomic E-state index is -1.10. The summed E-state index contributed by atoms with van der Waals surface area (Å²) in [6, 6.07) is 13.1. The number of nitrogens with one attached hydrogen (secondary N) is 1. The first kappa shape index (κ1) is 17.2. The van der Waals surface area contributed by atoms with E-state index in [2.05, 4.69) is 18.0 Å². The molecule has 0 aromatic heterocycles. The molecule has 0 aliphatic heterocycles. The molecule has 0 radical (unpaired) electrons. The van der Waals surface area contributed by atoms with E-state index in [0.29, 0.717) is 0 Å². The average molecular weight is 339 g/mol. The predicted octanol–water partition coefficient (Wildman–Crippen LogP) is 2.72. The van der Waals surface area contributed by atoms with Crippen molar-refractivity contribution in [2.24, 2.45) is 5.92 Å². The van der Waals surface area contributed by atoms with Crippen molar-refractivity contribution in [2.45, 2.75) is 18.4 Å². The molecule has 25 heavy (non-hydrogen) atoms. The third-order valence-electron chi connectivity index (χ3n) is 4.48. The molecule has 2 aromatic carbocycles. The second-order valence-corrected chi connectivity index (χ2v) is 6.24. The van der Waals surface area contributed by atoms with Gasteiger partial charge < -0.3 is 15.2 Å². The summed E-state index contributed by atoms with van der Waals surface area (Å²) in [5.74, 6) is -1.38. The fourth-order valence-electron chi connectivity index (χ4n) is 3.12. The Balaban J connectivity index is 1.66. The summed E-state index contributed by atoms with van der Waals surface area (Å²) in [4.78, 5) is 23.7. The van der Waals surface area contributed by atoms with Gasteiger partial charge in [-0.2, -0.15) is 0 Å². The lowest BCUT2D eigenvalue weighted by Crippen LogP contribution is -2.44. The number of carbonyl (C=O) groups excluding carboxylic acids is 1. The minimum Gasteiger partial charge on any atom is -0.480 e. The Morgan fingerprint density at radius 1 is 1.28 bits per heavy atom. The zero-order chi connectivity index (χ0) is 17.8. The van der Waals surface area contributed by atoms with Gasteiger partial charge in [-0.15, -0.1) is 6.58 Å². The van der Waals surface area contributed by atoms with Gasteiger partial charge in [0, 0.05) is 5.92 Å². The summed E-state index contributed by atoms with van der Waals surface area (Å²) in [6.45, 7) is 3.69. The van der Waals surface area contributed by atoms with Crippen LogP contribution in [0, 0.1) is 5.92 Å². The van der Waals surface area contributed by atoms with Gasteiger partial charge >= 0.3 is 5.97 Å². The van der Waals surface area contributed by atoms with E-state index >= 15 is 0 Å². The highest BCUT2D eigenvalue weighted by atomic mass is 16.5. The normalized spacial score (nSPS) is 20.0. The number of carboxylic acids is 1. The van der Waals surface area contributed by atoms with Crippen LogP contribution in [0.15, 0.2) is 55.1 Å². The Hall–Kier alpha value is -2.66. The Bertz CT molecular complexity index is 796. The van der Waals surface area contributed by atoms with Crippen LogP contribution in [0.1, 0.15) is 17.9 Å². The molecule has 130 valence electrons. The topological polar surface area (TPSA) is 75.6 Å². The molecular weight excluding hydrogens is 318 g/mol. The smallest absolute Gasteiger partial charge is 0.328 e. The molecule has 1 amide bonds. The maximum atomic E-state index is 12.4. The molecule has 1 fully saturated rings. The van der Waals surface area contributed by atoms with Gasteiger partial charge in [-0.25, -0.2) is 4.79 Å². The van der Waals surface area contributed by atoms with E-state index in [1.54, 1.807) is 0 Å². The zero-order valence-electron chi connectivity index (χ0n) is 13.9. The molecule has 0 spiro atoms. The van der Waals surface area contributed by atoms with Crippen LogP contribution in [0.5, 0.6) is 0 Å². The van der Waals surface area contributed by atoms with E-state index in [1.165, 1.54) is 6.08 Å². The van der Waals surface area contributed by atoms with Crippen LogP contribution in [0.4, 0.5) is 0 Å². The van der Waals surface area contributed by atoms with Crippen molar-refractivity contribution in [3.8, 4) is 0 Å². The first-order valence-corrected chi connectivity index (χ1v) is 8.31. The van der Waals surface area contributed by atoms with Gasteiger partial charge in [0.15, 0.2) is 6.04 Å². The second-order valence-electron chi connectivity index (χ2n) is 6.24. The molecule has 3 atom stereocenters. The number of hydrogen-bond acceptors (Lipinski definition) is 3. The number of benzene rings is 2. The standard InChI is InChI=1S/C20H21NO4/c1-2-10-25-12-18(20(23)24)21-19(22)17-11-16(17)15-9-5-7-13-6-3-4-8-14(13)15/h2-9,16-18H,1,10-12H2,(H,21,22)(H,23,24). The Morgan fingerprint density at radius 3 is 2.80 bits per heavy atom. The molecule has 3 rings (SSSR count). The number of carboxylic acid groups (broad SMARTS) is 1. The van der Waals surface area contributed by atoms with Gasteiger partial charge in [0.2, 0.25) is 5.91 Å². The molecule has 1 aliphatic rings. The first-order valence-electron chi connectivity index (χ1n) is 8.31. The Morgan fingerprint density at radius 2 is 2.04 bits per heavy atom. The highest BCUT2D eigenvalue weighted by Crippen LogP contribution is 2.49. The highest BCUT2D eigenvalue weighted by Gasteiger charge is 2.45. The third kappa shape index (κ3) is 3.88. The molecule has 0 heterocycles. The van der Waals surface area contributed by atoms with Gasteiger partial charge in [0.05, 0.1) is 13.2 Å². The molecule has 1 saturated carbocycles. The van der Waals surface area contributed by atoms with E-state index in [-0.39, 0.29) is 31.0 Å². The monoisotopic (exact) mass is 339 g/mol. The largest absolute Gasteiger partial charge is 0.480 e. The maximum Gasteiger partial charge on any atom is 0.328 e. The third-order valence-corrected chi connectivity index (χ3v) is 4.48. The summed E-state index contributed by atoms with van der Waals surface area (Å²) in [5, 5.41) is 14.1. The number of hydrogen-bond donors (Lipinski definition) is 2. The average Bonchev–Trinajstić information content (AvgIpc) is 3.41. The van der Waals surface area contributed by atoms with Crippen LogP contribution >= 0.6 is 0 Å².